The SMILES string of the molecule is CCNC1CCCN(CCCCCCSC)C1=O. The molecule has 1 N–H and O–H groups in total. The quantitative estimate of drug-likeness (QED) is 0.655. The summed E-state index contributed by atoms with van der Waals surface area (Å²) in [5.41, 5.74) is 0. The highest BCUT2D eigenvalue weighted by atomic mass is 32.2. The summed E-state index contributed by atoms with van der Waals surface area (Å²) in [4.78, 5) is 14.2. The highest BCUT2D eigenvalue weighted by Crippen LogP contribution is 2.13. The molecule has 0 spiro atoms. The van der Waals surface area contributed by atoms with Crippen molar-refractivity contribution < 1.29 is 4.79 Å². The number of rotatable bonds is 9. The molecule has 1 atom stereocenters. The van der Waals surface area contributed by atoms with E-state index in [0.717, 1.165) is 32.5 Å². The van der Waals surface area contributed by atoms with Gasteiger partial charge in [0, 0.05) is 13.1 Å². The summed E-state index contributed by atoms with van der Waals surface area (Å²) in [6.07, 6.45) is 9.36. The van der Waals surface area contributed by atoms with Crippen LogP contribution in [-0.2, 0) is 4.79 Å². The fraction of sp³-hybridized carbons (Fsp3) is 0.929. The second-order valence-corrected chi connectivity index (χ2v) is 5.97. The first-order valence-electron chi connectivity index (χ1n) is 7.30. The van der Waals surface area contributed by atoms with Gasteiger partial charge in [0.2, 0.25) is 5.91 Å². The zero-order chi connectivity index (χ0) is 13.2. The topological polar surface area (TPSA) is 32.3 Å². The number of nitrogens with zero attached hydrogens (tertiary/aromatic N) is 1. The maximum absolute atomic E-state index is 12.1. The van der Waals surface area contributed by atoms with E-state index in [4.69, 9.17) is 0 Å². The third-order valence-corrected chi connectivity index (χ3v) is 4.20. The monoisotopic (exact) mass is 272 g/mol. The van der Waals surface area contributed by atoms with E-state index in [1.807, 2.05) is 11.8 Å². The number of piperidine rings is 1. The maximum atomic E-state index is 12.1. The number of amides is 1. The molecule has 18 heavy (non-hydrogen) atoms. The van der Waals surface area contributed by atoms with Gasteiger partial charge in [0.1, 0.15) is 0 Å². The Morgan fingerprint density at radius 3 is 2.83 bits per heavy atom. The van der Waals surface area contributed by atoms with Crippen molar-refractivity contribution in [2.24, 2.45) is 0 Å². The molecule has 3 nitrogen and oxygen atoms in total. The predicted octanol–water partition coefficient (Wildman–Crippen LogP) is 2.51. The van der Waals surface area contributed by atoms with Crippen molar-refractivity contribution in [3.8, 4) is 0 Å². The van der Waals surface area contributed by atoms with Gasteiger partial charge in [-0.3, -0.25) is 4.79 Å². The van der Waals surface area contributed by atoms with Gasteiger partial charge in [0.25, 0.3) is 0 Å². The molecule has 1 aliphatic heterocycles. The number of hydrogen-bond donors (Lipinski definition) is 1. The Labute approximate surface area is 116 Å². The molecule has 0 bridgehead atoms. The summed E-state index contributed by atoms with van der Waals surface area (Å²) in [6, 6.07) is 0.0836. The molecule has 1 unspecified atom stereocenters. The first-order chi connectivity index (χ1) is 8.79. The van der Waals surface area contributed by atoms with Gasteiger partial charge in [-0.05, 0) is 44.2 Å². The Morgan fingerprint density at radius 2 is 2.11 bits per heavy atom. The van der Waals surface area contributed by atoms with Gasteiger partial charge in [0.15, 0.2) is 0 Å². The van der Waals surface area contributed by atoms with Crippen molar-refractivity contribution in [2.45, 2.75) is 51.5 Å². The molecule has 0 radical (unpaired) electrons. The molecule has 0 aromatic rings. The minimum Gasteiger partial charge on any atom is -0.341 e. The summed E-state index contributed by atoms with van der Waals surface area (Å²) in [5.74, 6) is 1.60. The molecule has 1 amide bonds. The van der Waals surface area contributed by atoms with Gasteiger partial charge in [-0.2, -0.15) is 11.8 Å². The highest BCUT2D eigenvalue weighted by molar-refractivity contribution is 7.98. The van der Waals surface area contributed by atoms with Gasteiger partial charge < -0.3 is 10.2 Å². The molecule has 0 aromatic heterocycles. The Kier molecular flexibility index (Phi) is 8.51. The summed E-state index contributed by atoms with van der Waals surface area (Å²) in [6.45, 7) is 4.88. The van der Waals surface area contributed by atoms with Gasteiger partial charge in [0.05, 0.1) is 6.04 Å². The lowest BCUT2D eigenvalue weighted by Gasteiger charge is -2.32. The smallest absolute Gasteiger partial charge is 0.239 e. The largest absolute Gasteiger partial charge is 0.341 e. The Morgan fingerprint density at radius 1 is 1.33 bits per heavy atom. The average molecular weight is 272 g/mol. The Bertz CT molecular complexity index is 234. The molecule has 1 aliphatic rings. The summed E-state index contributed by atoms with van der Waals surface area (Å²) in [5, 5.41) is 3.29. The lowest BCUT2D eigenvalue weighted by Crippen LogP contribution is -2.50. The summed E-state index contributed by atoms with van der Waals surface area (Å²) < 4.78 is 0. The van der Waals surface area contributed by atoms with Crippen LogP contribution in [0, 0.1) is 0 Å². The third-order valence-electron chi connectivity index (χ3n) is 3.51. The van der Waals surface area contributed by atoms with Crippen LogP contribution in [0.4, 0.5) is 0 Å². The summed E-state index contributed by atoms with van der Waals surface area (Å²) >= 11 is 1.92. The molecule has 1 fully saturated rings. The number of carbonyl (C=O) groups excluding carboxylic acids is 1. The van der Waals surface area contributed by atoms with Crippen molar-refractivity contribution in [3.05, 3.63) is 0 Å². The number of thioether (sulfide) groups is 1. The van der Waals surface area contributed by atoms with Crippen molar-refractivity contribution in [1.82, 2.24) is 10.2 Å². The van der Waals surface area contributed by atoms with Crippen LogP contribution >= 0.6 is 11.8 Å². The third kappa shape index (κ3) is 5.61. The standard InChI is InChI=1S/C14H28N2OS/c1-3-15-13-9-8-11-16(14(13)17)10-6-4-5-7-12-18-2/h13,15H,3-12H2,1-2H3. The Hall–Kier alpha value is -0.220. The Balaban J connectivity index is 2.14. The van der Waals surface area contributed by atoms with E-state index in [0.29, 0.717) is 5.91 Å². The number of nitrogens with one attached hydrogen (secondary N) is 1. The van der Waals surface area contributed by atoms with Crippen LogP contribution in [0.2, 0.25) is 0 Å². The molecule has 1 rings (SSSR count). The van der Waals surface area contributed by atoms with E-state index in [9.17, 15) is 4.79 Å². The number of likely N-dealkylation sites (tertiary alicyclic amines) is 1. The highest BCUT2D eigenvalue weighted by Gasteiger charge is 2.27. The van der Waals surface area contributed by atoms with Crippen molar-refractivity contribution in [1.29, 1.82) is 0 Å². The van der Waals surface area contributed by atoms with Crippen LogP contribution in [-0.4, -0.2) is 48.5 Å². The van der Waals surface area contributed by atoms with Crippen molar-refractivity contribution in [2.75, 3.05) is 31.6 Å². The van der Waals surface area contributed by atoms with E-state index in [1.165, 1.54) is 31.4 Å². The van der Waals surface area contributed by atoms with Crippen LogP contribution in [0.1, 0.15) is 45.4 Å². The number of carbonyl (C=O) groups is 1. The molecule has 4 heteroatoms. The molecular formula is C14H28N2OS. The molecule has 106 valence electrons. The van der Waals surface area contributed by atoms with Gasteiger partial charge >= 0.3 is 0 Å². The molecule has 1 heterocycles. The minimum absolute atomic E-state index is 0.0836. The van der Waals surface area contributed by atoms with Crippen LogP contribution in [0.15, 0.2) is 0 Å². The van der Waals surface area contributed by atoms with Crippen LogP contribution < -0.4 is 5.32 Å². The molecule has 0 aromatic carbocycles. The van der Waals surface area contributed by atoms with Crippen molar-refractivity contribution >= 4 is 17.7 Å². The fourth-order valence-corrected chi connectivity index (χ4v) is 2.99. The van der Waals surface area contributed by atoms with Crippen LogP contribution in [0.25, 0.3) is 0 Å². The predicted molar refractivity (Wildman–Crippen MR) is 80.1 cm³/mol. The summed E-state index contributed by atoms with van der Waals surface area (Å²) in [7, 11) is 0. The minimum atomic E-state index is 0.0836. The van der Waals surface area contributed by atoms with Gasteiger partial charge in [-0.15, -0.1) is 0 Å². The fourth-order valence-electron chi connectivity index (χ4n) is 2.50. The second kappa shape index (κ2) is 9.68. The zero-order valence-corrected chi connectivity index (χ0v) is 12.7. The van der Waals surface area contributed by atoms with Crippen LogP contribution in [0.3, 0.4) is 0 Å². The van der Waals surface area contributed by atoms with Gasteiger partial charge in [-0.1, -0.05) is 19.8 Å². The normalized spacial score (nSPS) is 20.4. The lowest BCUT2D eigenvalue weighted by molar-refractivity contribution is -0.136. The molecule has 1 saturated heterocycles. The molecule has 0 aliphatic carbocycles. The maximum Gasteiger partial charge on any atom is 0.239 e. The first-order valence-corrected chi connectivity index (χ1v) is 8.70. The lowest BCUT2D eigenvalue weighted by atomic mass is 10.0. The number of unbranched alkanes of at least 4 members (excludes halogenated alkanes) is 3. The van der Waals surface area contributed by atoms with Crippen molar-refractivity contribution in [3.63, 3.8) is 0 Å². The van der Waals surface area contributed by atoms with E-state index in [2.05, 4.69) is 23.4 Å². The average Bonchev–Trinajstić information content (AvgIpc) is 2.38. The zero-order valence-electron chi connectivity index (χ0n) is 11.9. The van der Waals surface area contributed by atoms with E-state index >= 15 is 0 Å². The van der Waals surface area contributed by atoms with E-state index in [-0.39, 0.29) is 6.04 Å². The van der Waals surface area contributed by atoms with E-state index in [1.54, 1.807) is 0 Å². The van der Waals surface area contributed by atoms with Crippen LogP contribution in [0.5, 0.6) is 0 Å². The number of likely N-dealkylation sites (N-methyl/N-ethyl adjacent to an activating group) is 1. The molecule has 0 saturated carbocycles. The van der Waals surface area contributed by atoms with E-state index < -0.39 is 0 Å². The first kappa shape index (κ1) is 15.8. The number of hydrogen-bond acceptors (Lipinski definition) is 3. The van der Waals surface area contributed by atoms with Gasteiger partial charge in [-0.25, -0.2) is 0 Å². The second-order valence-electron chi connectivity index (χ2n) is 4.98. The molecular weight excluding hydrogens is 244 g/mol.